The number of anilines is 3. The normalized spacial score (nSPS) is 10.6. The van der Waals surface area contributed by atoms with Gasteiger partial charge in [-0.3, -0.25) is 4.98 Å². The first-order valence-electron chi connectivity index (χ1n) is 7.66. The van der Waals surface area contributed by atoms with E-state index in [0.29, 0.717) is 0 Å². The van der Waals surface area contributed by atoms with Crippen LogP contribution in [-0.4, -0.2) is 4.98 Å². The molecule has 0 fully saturated rings. The standard InChI is InChI=1S/C21H16N2/c1-2-8-19(9-3-1)23(20-12-14-22-15-13-20)21-11-10-17-6-4-5-7-18(17)16-21/h1-16H. The number of rotatable bonds is 3. The first kappa shape index (κ1) is 13.5. The van der Waals surface area contributed by atoms with Crippen molar-refractivity contribution in [3.8, 4) is 0 Å². The number of pyridine rings is 1. The molecule has 3 aromatic carbocycles. The third-order valence-corrected chi connectivity index (χ3v) is 3.93. The van der Waals surface area contributed by atoms with E-state index in [9.17, 15) is 0 Å². The Bertz CT molecular complexity index is 878. The van der Waals surface area contributed by atoms with E-state index < -0.39 is 0 Å². The summed E-state index contributed by atoms with van der Waals surface area (Å²) in [4.78, 5) is 6.38. The Kier molecular flexibility index (Phi) is 3.49. The van der Waals surface area contributed by atoms with Crippen LogP contribution >= 0.6 is 0 Å². The molecule has 0 N–H and O–H groups in total. The fourth-order valence-corrected chi connectivity index (χ4v) is 2.83. The van der Waals surface area contributed by atoms with Crippen molar-refractivity contribution in [1.82, 2.24) is 4.98 Å². The van der Waals surface area contributed by atoms with E-state index >= 15 is 0 Å². The van der Waals surface area contributed by atoms with Crippen LogP contribution in [0.25, 0.3) is 10.8 Å². The second-order valence-corrected chi connectivity index (χ2v) is 5.41. The predicted molar refractivity (Wildman–Crippen MR) is 96.4 cm³/mol. The molecular weight excluding hydrogens is 280 g/mol. The van der Waals surface area contributed by atoms with Crippen molar-refractivity contribution in [2.45, 2.75) is 0 Å². The highest BCUT2D eigenvalue weighted by atomic mass is 15.1. The molecule has 0 aliphatic heterocycles. The molecule has 0 aliphatic rings. The summed E-state index contributed by atoms with van der Waals surface area (Å²) in [6.45, 7) is 0. The second-order valence-electron chi connectivity index (χ2n) is 5.41. The van der Waals surface area contributed by atoms with Crippen LogP contribution in [-0.2, 0) is 0 Å². The third kappa shape index (κ3) is 2.67. The van der Waals surface area contributed by atoms with Gasteiger partial charge in [-0.15, -0.1) is 0 Å². The maximum absolute atomic E-state index is 4.14. The summed E-state index contributed by atoms with van der Waals surface area (Å²) in [5.74, 6) is 0. The maximum atomic E-state index is 4.14. The fraction of sp³-hybridized carbons (Fsp3) is 0. The molecule has 0 atom stereocenters. The zero-order valence-corrected chi connectivity index (χ0v) is 12.6. The number of benzene rings is 3. The second kappa shape index (κ2) is 5.93. The zero-order valence-electron chi connectivity index (χ0n) is 12.6. The van der Waals surface area contributed by atoms with Gasteiger partial charge in [0.15, 0.2) is 0 Å². The number of fused-ring (bicyclic) bond motifs is 1. The first-order valence-corrected chi connectivity index (χ1v) is 7.66. The van der Waals surface area contributed by atoms with E-state index in [4.69, 9.17) is 0 Å². The van der Waals surface area contributed by atoms with Crippen LogP contribution in [0.1, 0.15) is 0 Å². The summed E-state index contributed by atoms with van der Waals surface area (Å²) >= 11 is 0. The molecule has 0 radical (unpaired) electrons. The molecule has 110 valence electrons. The summed E-state index contributed by atoms with van der Waals surface area (Å²) < 4.78 is 0. The summed E-state index contributed by atoms with van der Waals surface area (Å²) in [6, 6.07) is 29.4. The molecule has 1 heterocycles. The molecule has 2 nitrogen and oxygen atoms in total. The Labute approximate surface area is 135 Å². The molecule has 23 heavy (non-hydrogen) atoms. The van der Waals surface area contributed by atoms with E-state index in [1.54, 1.807) is 0 Å². The van der Waals surface area contributed by atoms with Crippen molar-refractivity contribution in [1.29, 1.82) is 0 Å². The van der Waals surface area contributed by atoms with Crippen LogP contribution in [0.3, 0.4) is 0 Å². The highest BCUT2D eigenvalue weighted by Gasteiger charge is 2.12. The minimum absolute atomic E-state index is 1.10. The van der Waals surface area contributed by atoms with Crippen LogP contribution in [0, 0.1) is 0 Å². The summed E-state index contributed by atoms with van der Waals surface area (Å²) in [7, 11) is 0. The molecule has 0 spiro atoms. The van der Waals surface area contributed by atoms with Gasteiger partial charge < -0.3 is 4.90 Å². The van der Waals surface area contributed by atoms with E-state index in [0.717, 1.165) is 17.1 Å². The predicted octanol–water partition coefficient (Wildman–Crippen LogP) is 5.70. The van der Waals surface area contributed by atoms with E-state index in [2.05, 4.69) is 76.6 Å². The average Bonchev–Trinajstić information content (AvgIpc) is 2.64. The molecule has 0 saturated heterocycles. The molecule has 0 saturated carbocycles. The van der Waals surface area contributed by atoms with Crippen LogP contribution in [0.5, 0.6) is 0 Å². The highest BCUT2D eigenvalue weighted by molar-refractivity contribution is 5.89. The topological polar surface area (TPSA) is 16.1 Å². The monoisotopic (exact) mass is 296 g/mol. The van der Waals surface area contributed by atoms with Gasteiger partial charge in [0.2, 0.25) is 0 Å². The van der Waals surface area contributed by atoms with Gasteiger partial charge >= 0.3 is 0 Å². The molecule has 4 rings (SSSR count). The molecule has 0 amide bonds. The largest absolute Gasteiger partial charge is 0.310 e. The van der Waals surface area contributed by atoms with Crippen LogP contribution in [0.4, 0.5) is 17.1 Å². The Balaban J connectivity index is 1.90. The van der Waals surface area contributed by atoms with Crippen molar-refractivity contribution >= 4 is 27.8 Å². The molecule has 0 aliphatic carbocycles. The van der Waals surface area contributed by atoms with Gasteiger partial charge in [-0.1, -0.05) is 48.5 Å². The first-order chi connectivity index (χ1) is 11.4. The number of hydrogen-bond acceptors (Lipinski definition) is 2. The van der Waals surface area contributed by atoms with Crippen LogP contribution in [0.15, 0.2) is 97.3 Å². The molecule has 4 aromatic rings. The Morgan fingerprint density at radius 1 is 0.522 bits per heavy atom. The van der Waals surface area contributed by atoms with Gasteiger partial charge in [0.05, 0.1) is 0 Å². The lowest BCUT2D eigenvalue weighted by Gasteiger charge is -2.25. The minimum atomic E-state index is 1.10. The van der Waals surface area contributed by atoms with Gasteiger partial charge in [-0.25, -0.2) is 0 Å². The number of nitrogens with zero attached hydrogens (tertiary/aromatic N) is 2. The van der Waals surface area contributed by atoms with Crippen molar-refractivity contribution in [3.05, 3.63) is 97.3 Å². The van der Waals surface area contributed by atoms with Crippen molar-refractivity contribution in [2.75, 3.05) is 4.90 Å². The smallest absolute Gasteiger partial charge is 0.0492 e. The number of para-hydroxylation sites is 1. The van der Waals surface area contributed by atoms with E-state index in [1.807, 2.05) is 30.6 Å². The summed E-state index contributed by atoms with van der Waals surface area (Å²) in [6.07, 6.45) is 3.65. The summed E-state index contributed by atoms with van der Waals surface area (Å²) in [5.41, 5.74) is 3.37. The number of hydrogen-bond donors (Lipinski definition) is 0. The lowest BCUT2D eigenvalue weighted by atomic mass is 10.1. The van der Waals surface area contributed by atoms with Crippen molar-refractivity contribution < 1.29 is 0 Å². The molecule has 0 bridgehead atoms. The Hall–Kier alpha value is -3.13. The van der Waals surface area contributed by atoms with E-state index in [1.165, 1.54) is 10.8 Å². The lowest BCUT2D eigenvalue weighted by Crippen LogP contribution is -2.09. The maximum Gasteiger partial charge on any atom is 0.0492 e. The molecule has 0 unspecified atom stereocenters. The van der Waals surface area contributed by atoms with Crippen molar-refractivity contribution in [3.63, 3.8) is 0 Å². The Morgan fingerprint density at radius 2 is 1.17 bits per heavy atom. The van der Waals surface area contributed by atoms with Crippen molar-refractivity contribution in [2.24, 2.45) is 0 Å². The zero-order chi connectivity index (χ0) is 15.5. The van der Waals surface area contributed by atoms with Crippen LogP contribution in [0.2, 0.25) is 0 Å². The fourth-order valence-electron chi connectivity index (χ4n) is 2.83. The van der Waals surface area contributed by atoms with Gasteiger partial charge in [0, 0.05) is 29.5 Å². The molecule has 1 aromatic heterocycles. The van der Waals surface area contributed by atoms with Gasteiger partial charge in [-0.2, -0.15) is 0 Å². The molecule has 2 heteroatoms. The SMILES string of the molecule is c1ccc(N(c2ccncc2)c2ccc3ccccc3c2)cc1. The van der Waals surface area contributed by atoms with E-state index in [-0.39, 0.29) is 0 Å². The Morgan fingerprint density at radius 3 is 1.96 bits per heavy atom. The van der Waals surface area contributed by atoms with Crippen LogP contribution < -0.4 is 4.90 Å². The number of aromatic nitrogens is 1. The summed E-state index contributed by atoms with van der Waals surface area (Å²) in [5, 5.41) is 2.49. The van der Waals surface area contributed by atoms with Gasteiger partial charge in [0.1, 0.15) is 0 Å². The van der Waals surface area contributed by atoms with Gasteiger partial charge in [0.25, 0.3) is 0 Å². The third-order valence-electron chi connectivity index (χ3n) is 3.93. The average molecular weight is 296 g/mol. The highest BCUT2D eigenvalue weighted by Crippen LogP contribution is 2.35. The lowest BCUT2D eigenvalue weighted by molar-refractivity contribution is 1.25. The minimum Gasteiger partial charge on any atom is -0.310 e. The van der Waals surface area contributed by atoms with Gasteiger partial charge in [-0.05, 0) is 47.2 Å². The quantitative estimate of drug-likeness (QED) is 0.482. The molecular formula is C21H16N2.